The summed E-state index contributed by atoms with van der Waals surface area (Å²) >= 11 is 0. The number of nitrogens with one attached hydrogen (secondary N) is 1. The minimum absolute atomic E-state index is 0.371. The Morgan fingerprint density at radius 1 is 1.29 bits per heavy atom. The number of rotatable bonds is 6. The van der Waals surface area contributed by atoms with Crippen LogP contribution >= 0.6 is 0 Å². The summed E-state index contributed by atoms with van der Waals surface area (Å²) in [6.45, 7) is 1.55. The molecule has 0 atom stereocenters. The van der Waals surface area contributed by atoms with E-state index >= 15 is 0 Å². The first kappa shape index (κ1) is 14.2. The van der Waals surface area contributed by atoms with Gasteiger partial charge < -0.3 is 15.8 Å². The van der Waals surface area contributed by atoms with Crippen molar-refractivity contribution in [1.29, 1.82) is 0 Å². The van der Waals surface area contributed by atoms with Crippen LogP contribution in [0.25, 0.3) is 5.65 Å². The average molecular weight is 291 g/mol. The largest absolute Gasteiger partial charge is 0.378 e. The van der Waals surface area contributed by atoms with Crippen LogP contribution < -0.4 is 11.1 Å². The van der Waals surface area contributed by atoms with Crippen LogP contribution in [-0.2, 0) is 4.74 Å². The van der Waals surface area contributed by atoms with E-state index in [1.165, 1.54) is 0 Å². The molecule has 0 unspecified atom stereocenters. The van der Waals surface area contributed by atoms with Gasteiger partial charge in [-0.25, -0.2) is 0 Å². The molecule has 0 amide bonds. The first-order chi connectivity index (χ1) is 10.3. The van der Waals surface area contributed by atoms with Crippen molar-refractivity contribution in [1.82, 2.24) is 25.0 Å². The van der Waals surface area contributed by atoms with E-state index in [0.29, 0.717) is 17.8 Å². The summed E-state index contributed by atoms with van der Waals surface area (Å²) in [5.74, 6) is 0.793. The van der Waals surface area contributed by atoms with Gasteiger partial charge >= 0.3 is 0 Å². The second kappa shape index (κ2) is 6.77. The quantitative estimate of drug-likeness (QED) is 0.751. The number of nitrogens with zero attached hydrogens (tertiary/aromatic N) is 5. The van der Waals surface area contributed by atoms with E-state index in [1.54, 1.807) is 16.9 Å². The molecule has 21 heavy (non-hydrogen) atoms. The van der Waals surface area contributed by atoms with E-state index in [9.17, 15) is 0 Å². The first-order valence-corrected chi connectivity index (χ1v) is 7.46. The van der Waals surface area contributed by atoms with Gasteiger partial charge in [0.25, 0.3) is 0 Å². The zero-order valence-electron chi connectivity index (χ0n) is 12.0. The Bertz CT molecular complexity index is 564. The molecule has 8 heteroatoms. The van der Waals surface area contributed by atoms with Gasteiger partial charge in [0.05, 0.1) is 18.5 Å². The van der Waals surface area contributed by atoms with Crippen molar-refractivity contribution in [2.75, 3.05) is 18.5 Å². The van der Waals surface area contributed by atoms with Crippen molar-refractivity contribution in [3.63, 3.8) is 0 Å². The molecule has 3 rings (SSSR count). The van der Waals surface area contributed by atoms with Gasteiger partial charge in [-0.1, -0.05) is 0 Å². The van der Waals surface area contributed by atoms with Crippen LogP contribution in [0.1, 0.15) is 32.1 Å². The third-order valence-corrected chi connectivity index (χ3v) is 3.81. The third kappa shape index (κ3) is 3.64. The summed E-state index contributed by atoms with van der Waals surface area (Å²) in [7, 11) is 0. The number of hydrogen-bond donors (Lipinski definition) is 2. The van der Waals surface area contributed by atoms with Gasteiger partial charge in [-0.3, -0.25) is 4.98 Å². The Kier molecular flexibility index (Phi) is 4.56. The zero-order valence-corrected chi connectivity index (χ0v) is 12.0. The molecule has 0 aromatic carbocycles. The van der Waals surface area contributed by atoms with Crippen LogP contribution in [0.15, 0.2) is 12.4 Å². The maximum Gasteiger partial charge on any atom is 0.199 e. The Labute approximate surface area is 123 Å². The number of aromatic nitrogens is 5. The van der Waals surface area contributed by atoms with E-state index in [0.717, 1.165) is 51.1 Å². The third-order valence-electron chi connectivity index (χ3n) is 3.81. The number of fused-ring (bicyclic) bond motifs is 1. The summed E-state index contributed by atoms with van der Waals surface area (Å²) in [5, 5.41) is 14.7. The summed E-state index contributed by atoms with van der Waals surface area (Å²) < 4.78 is 7.52. The maximum atomic E-state index is 5.88. The van der Waals surface area contributed by atoms with Gasteiger partial charge in [-0.15, -0.1) is 5.10 Å². The standard InChI is InChI=1S/C13H21N7O/c14-10-2-4-11(5-3-10)21-7-1-6-16-12-8-15-9-13-17-18-19-20(12)13/h8-11,16H,1-7,14H2. The number of nitrogens with two attached hydrogens (primary N) is 1. The molecule has 114 valence electrons. The van der Waals surface area contributed by atoms with Gasteiger partial charge in [0.15, 0.2) is 5.65 Å². The van der Waals surface area contributed by atoms with Crippen molar-refractivity contribution < 1.29 is 4.74 Å². The van der Waals surface area contributed by atoms with Gasteiger partial charge in [-0.05, 0) is 42.5 Å². The number of hydrogen-bond acceptors (Lipinski definition) is 7. The number of tetrazole rings is 1. The Hall–Kier alpha value is -1.80. The fourth-order valence-electron chi connectivity index (χ4n) is 2.59. The minimum Gasteiger partial charge on any atom is -0.378 e. The van der Waals surface area contributed by atoms with Crippen molar-refractivity contribution in [2.45, 2.75) is 44.2 Å². The summed E-state index contributed by atoms with van der Waals surface area (Å²) in [6.07, 6.45) is 8.99. The molecule has 8 nitrogen and oxygen atoms in total. The van der Waals surface area contributed by atoms with E-state index < -0.39 is 0 Å². The van der Waals surface area contributed by atoms with Crippen LogP contribution in [-0.4, -0.2) is 50.3 Å². The van der Waals surface area contributed by atoms with E-state index in [1.807, 2.05) is 0 Å². The van der Waals surface area contributed by atoms with E-state index in [-0.39, 0.29) is 0 Å². The SMILES string of the molecule is NC1CCC(OCCCNc2cncc3nnnn23)CC1. The Morgan fingerprint density at radius 3 is 3.00 bits per heavy atom. The highest BCUT2D eigenvalue weighted by Crippen LogP contribution is 2.19. The van der Waals surface area contributed by atoms with Gasteiger partial charge in [-0.2, -0.15) is 4.52 Å². The first-order valence-electron chi connectivity index (χ1n) is 7.46. The highest BCUT2D eigenvalue weighted by molar-refractivity contribution is 5.43. The van der Waals surface area contributed by atoms with E-state index in [4.69, 9.17) is 10.5 Å². The Morgan fingerprint density at radius 2 is 2.14 bits per heavy atom. The molecule has 0 radical (unpaired) electrons. The van der Waals surface area contributed by atoms with Crippen LogP contribution in [0.4, 0.5) is 5.82 Å². The molecular weight excluding hydrogens is 270 g/mol. The highest BCUT2D eigenvalue weighted by atomic mass is 16.5. The molecule has 1 fully saturated rings. The molecule has 1 saturated carbocycles. The molecule has 0 aliphatic heterocycles. The molecule has 1 aliphatic carbocycles. The lowest BCUT2D eigenvalue weighted by atomic mass is 9.94. The second-order valence-corrected chi connectivity index (χ2v) is 5.43. The monoisotopic (exact) mass is 291 g/mol. The Balaban J connectivity index is 1.38. The predicted octanol–water partition coefficient (Wildman–Crippen LogP) is 0.608. The normalized spacial score (nSPS) is 22.5. The van der Waals surface area contributed by atoms with Crippen molar-refractivity contribution in [3.05, 3.63) is 12.4 Å². The topological polar surface area (TPSA) is 103 Å². The number of anilines is 1. The molecule has 0 spiro atoms. The lowest BCUT2D eigenvalue weighted by Gasteiger charge is -2.26. The maximum absolute atomic E-state index is 5.88. The molecule has 0 bridgehead atoms. The van der Waals surface area contributed by atoms with Crippen molar-refractivity contribution >= 4 is 11.5 Å². The average Bonchev–Trinajstić information content (AvgIpc) is 2.98. The second-order valence-electron chi connectivity index (χ2n) is 5.43. The molecule has 2 aromatic heterocycles. The lowest BCUT2D eigenvalue weighted by molar-refractivity contribution is 0.0251. The lowest BCUT2D eigenvalue weighted by Crippen LogP contribution is -2.30. The molecular formula is C13H21N7O. The molecule has 2 heterocycles. The van der Waals surface area contributed by atoms with Crippen molar-refractivity contribution in [2.24, 2.45) is 5.73 Å². The highest BCUT2D eigenvalue weighted by Gasteiger charge is 2.18. The van der Waals surface area contributed by atoms with Crippen molar-refractivity contribution in [3.8, 4) is 0 Å². The van der Waals surface area contributed by atoms with Gasteiger partial charge in [0.1, 0.15) is 5.82 Å². The molecule has 2 aromatic rings. The fourth-order valence-corrected chi connectivity index (χ4v) is 2.59. The fraction of sp³-hybridized carbons (Fsp3) is 0.692. The van der Waals surface area contributed by atoms with E-state index in [2.05, 4.69) is 25.8 Å². The molecule has 0 saturated heterocycles. The van der Waals surface area contributed by atoms with Crippen LogP contribution in [0.5, 0.6) is 0 Å². The molecule has 1 aliphatic rings. The summed E-state index contributed by atoms with van der Waals surface area (Å²) in [6, 6.07) is 0.371. The molecule has 3 N–H and O–H groups in total. The van der Waals surface area contributed by atoms with Gasteiger partial charge in [0.2, 0.25) is 0 Å². The summed E-state index contributed by atoms with van der Waals surface area (Å²) in [5.41, 5.74) is 6.52. The summed E-state index contributed by atoms with van der Waals surface area (Å²) in [4.78, 5) is 4.10. The van der Waals surface area contributed by atoms with Gasteiger partial charge in [0, 0.05) is 19.2 Å². The zero-order chi connectivity index (χ0) is 14.5. The van der Waals surface area contributed by atoms with Crippen LogP contribution in [0.3, 0.4) is 0 Å². The number of ether oxygens (including phenoxy) is 1. The smallest absolute Gasteiger partial charge is 0.199 e. The predicted molar refractivity (Wildman–Crippen MR) is 77.9 cm³/mol. The van der Waals surface area contributed by atoms with Crippen LogP contribution in [0.2, 0.25) is 0 Å². The minimum atomic E-state index is 0.371. The van der Waals surface area contributed by atoms with Crippen LogP contribution in [0, 0.1) is 0 Å².